The maximum absolute atomic E-state index is 12.4. The lowest BCUT2D eigenvalue weighted by Gasteiger charge is -2.50. The molecule has 10 nitrogen and oxygen atoms in total. The van der Waals surface area contributed by atoms with Gasteiger partial charge in [-0.25, -0.2) is 0 Å². The second kappa shape index (κ2) is 15.7. The highest BCUT2D eigenvalue weighted by Crippen LogP contribution is 2.61. The van der Waals surface area contributed by atoms with Crippen molar-refractivity contribution in [2.45, 2.75) is 83.8 Å². The van der Waals surface area contributed by atoms with Crippen LogP contribution in [-0.2, 0) is 43.2 Å². The Labute approximate surface area is 277 Å². The molecule has 2 aromatic rings. The lowest BCUT2D eigenvalue weighted by Crippen LogP contribution is -2.45. The molecule has 5 atom stereocenters. The summed E-state index contributed by atoms with van der Waals surface area (Å²) >= 11 is 0. The molecule has 0 saturated heterocycles. The molecule has 0 bridgehead atoms. The van der Waals surface area contributed by atoms with Gasteiger partial charge in [0.1, 0.15) is 12.4 Å². The number of carbonyl (C=O) groups is 3. The maximum atomic E-state index is 12.4. The summed E-state index contributed by atoms with van der Waals surface area (Å²) in [6.07, 6.45) is 7.53. The molecular weight excluding hydrogens is 600 g/mol. The number of ether oxygens (including phenoxy) is 3. The lowest BCUT2D eigenvalue weighted by atomic mass is 9.55. The van der Waals surface area contributed by atoms with Crippen LogP contribution < -0.4 is 11.1 Å². The summed E-state index contributed by atoms with van der Waals surface area (Å²) in [5.41, 5.74) is 10.2. The van der Waals surface area contributed by atoms with Crippen molar-refractivity contribution in [3.05, 3.63) is 63.7 Å². The zero-order chi connectivity index (χ0) is 33.6. The van der Waals surface area contributed by atoms with Gasteiger partial charge >= 0.3 is 0 Å². The summed E-state index contributed by atoms with van der Waals surface area (Å²) in [5, 5.41) is 22.5. The van der Waals surface area contributed by atoms with Crippen molar-refractivity contribution >= 4 is 17.6 Å². The van der Waals surface area contributed by atoms with E-state index in [4.69, 9.17) is 19.9 Å². The lowest BCUT2D eigenvalue weighted by molar-refractivity contribution is -0.125. The van der Waals surface area contributed by atoms with Crippen molar-refractivity contribution in [1.29, 1.82) is 0 Å². The number of rotatable bonds is 16. The van der Waals surface area contributed by atoms with Gasteiger partial charge in [-0.15, -0.1) is 0 Å². The highest BCUT2D eigenvalue weighted by molar-refractivity contribution is 5.98. The Bertz CT molecular complexity index is 1440. The van der Waals surface area contributed by atoms with Crippen LogP contribution in [-0.4, -0.2) is 73.5 Å². The standard InChI is InChI=1S/C37H50N2O8/c1-23-3-7-28-24(19-23)6-8-30-29(28)11-13-37(2)31(30)9-10-32(37)47-15-12-33(42)39-14-16-45-17-18-46-22-27(41)20-25-4-5-26(21-40)34(35(25)43)36(38)44/h3-5,7,19,29-32,40,43H,6,8-18,20-22H2,1-2H3,(H2,38,44)(H,39,42). The summed E-state index contributed by atoms with van der Waals surface area (Å²) in [6.45, 7) is 5.51. The van der Waals surface area contributed by atoms with E-state index < -0.39 is 18.3 Å². The fourth-order valence-electron chi connectivity index (χ4n) is 8.48. The van der Waals surface area contributed by atoms with Gasteiger partial charge in [-0.1, -0.05) is 42.8 Å². The number of Topliss-reactive ketones (excluding diaryl/α,β-unsaturated/α-hetero) is 1. The first-order valence-corrected chi connectivity index (χ1v) is 17.0. The first kappa shape index (κ1) is 35.0. The maximum Gasteiger partial charge on any atom is 0.252 e. The molecule has 0 heterocycles. The second-order valence-corrected chi connectivity index (χ2v) is 13.7. The van der Waals surface area contributed by atoms with E-state index in [1.54, 1.807) is 11.1 Å². The normalized spacial score (nSPS) is 24.7. The number of amides is 2. The van der Waals surface area contributed by atoms with Crippen LogP contribution in [0.5, 0.6) is 5.75 Å². The molecule has 0 aliphatic heterocycles. The number of aliphatic hydroxyl groups excluding tert-OH is 1. The van der Waals surface area contributed by atoms with E-state index >= 15 is 0 Å². The van der Waals surface area contributed by atoms with Gasteiger partial charge in [0, 0.05) is 24.9 Å². The Morgan fingerprint density at radius 1 is 1.00 bits per heavy atom. The minimum Gasteiger partial charge on any atom is -0.507 e. The van der Waals surface area contributed by atoms with Crippen LogP contribution in [0, 0.1) is 24.2 Å². The van der Waals surface area contributed by atoms with Crippen molar-refractivity contribution in [2.75, 3.05) is 39.6 Å². The molecule has 3 aliphatic rings. The Balaban J connectivity index is 0.926. The molecule has 0 aromatic heterocycles. The molecule has 2 fully saturated rings. The van der Waals surface area contributed by atoms with E-state index in [-0.39, 0.29) is 66.1 Å². The molecule has 10 heteroatoms. The number of aromatic hydroxyl groups is 1. The number of hydrogen-bond acceptors (Lipinski definition) is 8. The molecule has 5 unspecified atom stereocenters. The molecule has 47 heavy (non-hydrogen) atoms. The van der Waals surface area contributed by atoms with Gasteiger partial charge in [-0.3, -0.25) is 14.4 Å². The fraction of sp³-hybridized carbons (Fsp3) is 0.595. The largest absolute Gasteiger partial charge is 0.507 e. The molecular formula is C37H50N2O8. The van der Waals surface area contributed by atoms with Crippen LogP contribution in [0.2, 0.25) is 0 Å². The molecule has 2 saturated carbocycles. The number of benzene rings is 2. The minimum atomic E-state index is -0.881. The van der Waals surface area contributed by atoms with Gasteiger partial charge < -0.3 is 35.5 Å². The Kier molecular flexibility index (Phi) is 11.7. The number of nitrogens with two attached hydrogens (primary N) is 1. The zero-order valence-electron chi connectivity index (χ0n) is 27.7. The summed E-state index contributed by atoms with van der Waals surface area (Å²) in [6, 6.07) is 9.97. The van der Waals surface area contributed by atoms with Crippen molar-refractivity contribution in [3.8, 4) is 5.75 Å². The molecule has 0 spiro atoms. The van der Waals surface area contributed by atoms with Crippen molar-refractivity contribution in [1.82, 2.24) is 5.32 Å². The topological polar surface area (TPSA) is 157 Å². The number of ketones is 1. The summed E-state index contributed by atoms with van der Waals surface area (Å²) < 4.78 is 17.3. The monoisotopic (exact) mass is 650 g/mol. The van der Waals surface area contributed by atoms with Crippen LogP contribution in [0.15, 0.2) is 30.3 Å². The zero-order valence-corrected chi connectivity index (χ0v) is 27.7. The minimum absolute atomic E-state index is 0.0622. The second-order valence-electron chi connectivity index (χ2n) is 13.7. The van der Waals surface area contributed by atoms with E-state index in [1.807, 2.05) is 0 Å². The average molecular weight is 651 g/mol. The van der Waals surface area contributed by atoms with E-state index in [1.165, 1.54) is 49.8 Å². The van der Waals surface area contributed by atoms with Gasteiger partial charge in [-0.05, 0) is 85.3 Å². The smallest absolute Gasteiger partial charge is 0.252 e. The third-order valence-corrected chi connectivity index (χ3v) is 10.8. The molecule has 2 amide bonds. The van der Waals surface area contributed by atoms with Crippen molar-refractivity contribution < 1.29 is 38.8 Å². The number of aliphatic hydroxyl groups is 1. The highest BCUT2D eigenvalue weighted by atomic mass is 16.5. The molecule has 2 aromatic carbocycles. The molecule has 256 valence electrons. The Morgan fingerprint density at radius 2 is 1.79 bits per heavy atom. The molecule has 5 N–H and O–H groups in total. The van der Waals surface area contributed by atoms with E-state index in [2.05, 4.69) is 37.4 Å². The van der Waals surface area contributed by atoms with Crippen LogP contribution in [0.1, 0.15) is 89.5 Å². The molecule has 5 rings (SSSR count). The number of carbonyl (C=O) groups excluding carboxylic acids is 3. The Morgan fingerprint density at radius 3 is 2.57 bits per heavy atom. The van der Waals surface area contributed by atoms with Crippen molar-refractivity contribution in [3.63, 3.8) is 0 Å². The van der Waals surface area contributed by atoms with Crippen LogP contribution in [0.3, 0.4) is 0 Å². The number of nitrogens with one attached hydrogen (secondary N) is 1. The van der Waals surface area contributed by atoms with Gasteiger partial charge in [0.05, 0.1) is 44.7 Å². The van der Waals surface area contributed by atoms with Crippen LogP contribution >= 0.6 is 0 Å². The van der Waals surface area contributed by atoms with E-state index in [0.29, 0.717) is 38.0 Å². The predicted octanol–water partition coefficient (Wildman–Crippen LogP) is 3.88. The first-order chi connectivity index (χ1) is 22.6. The highest BCUT2D eigenvalue weighted by Gasteiger charge is 2.55. The summed E-state index contributed by atoms with van der Waals surface area (Å²) in [5.74, 6) is 0.445. The quantitative estimate of drug-likeness (QED) is 0.199. The van der Waals surface area contributed by atoms with Gasteiger partial charge in [0.25, 0.3) is 5.91 Å². The average Bonchev–Trinajstić information content (AvgIpc) is 3.38. The van der Waals surface area contributed by atoms with Gasteiger partial charge in [0.15, 0.2) is 5.78 Å². The number of aryl methyl sites for hydroxylation is 2. The number of hydrogen-bond donors (Lipinski definition) is 4. The Hall–Kier alpha value is -3.31. The third kappa shape index (κ3) is 8.05. The van der Waals surface area contributed by atoms with Gasteiger partial charge in [-0.2, -0.15) is 0 Å². The molecule has 0 radical (unpaired) electrons. The molecule has 3 aliphatic carbocycles. The predicted molar refractivity (Wildman–Crippen MR) is 176 cm³/mol. The summed E-state index contributed by atoms with van der Waals surface area (Å²) in [7, 11) is 0. The van der Waals surface area contributed by atoms with Gasteiger partial charge in [0.2, 0.25) is 5.91 Å². The third-order valence-electron chi connectivity index (χ3n) is 10.8. The SMILES string of the molecule is Cc1ccc2c(c1)CCC1C2CCC2(C)C(OCCC(=O)NCCOCCOCC(=O)Cc3ccc(CO)c(C(N)=O)c3O)CCC12. The number of fused-ring (bicyclic) bond motifs is 5. The van der Waals surface area contributed by atoms with Crippen LogP contribution in [0.4, 0.5) is 0 Å². The number of primary amides is 1. The van der Waals surface area contributed by atoms with E-state index in [0.717, 1.165) is 12.3 Å². The number of phenols is 1. The van der Waals surface area contributed by atoms with Crippen molar-refractivity contribution in [2.24, 2.45) is 23.0 Å². The summed E-state index contributed by atoms with van der Waals surface area (Å²) in [4.78, 5) is 36.3. The van der Waals surface area contributed by atoms with Crippen LogP contribution in [0.25, 0.3) is 0 Å². The fourth-order valence-corrected chi connectivity index (χ4v) is 8.48. The first-order valence-electron chi connectivity index (χ1n) is 17.0. The van der Waals surface area contributed by atoms with E-state index in [9.17, 15) is 24.6 Å².